The number of nitrogens with two attached hydrogens (primary N) is 1. The summed E-state index contributed by atoms with van der Waals surface area (Å²) in [7, 11) is 0. The number of halogens is 1. The largest absolute Gasteiger partial charge is 0.481 e. The summed E-state index contributed by atoms with van der Waals surface area (Å²) in [6, 6.07) is 13.0. The fraction of sp³-hybridized carbons (Fsp3) is 0.0714. The van der Waals surface area contributed by atoms with E-state index in [2.05, 4.69) is 15.9 Å². The Kier molecular flexibility index (Phi) is 3.67. The predicted octanol–water partition coefficient (Wildman–Crippen LogP) is 3.33. The number of carbonyl (C=O) groups is 1. The summed E-state index contributed by atoms with van der Waals surface area (Å²) < 4.78 is 0.935. The van der Waals surface area contributed by atoms with Crippen molar-refractivity contribution in [2.45, 2.75) is 6.42 Å². The van der Waals surface area contributed by atoms with Gasteiger partial charge in [-0.05, 0) is 29.3 Å². The van der Waals surface area contributed by atoms with Gasteiger partial charge >= 0.3 is 5.97 Å². The molecule has 2 rings (SSSR count). The van der Waals surface area contributed by atoms with Crippen molar-refractivity contribution in [1.29, 1.82) is 0 Å². The van der Waals surface area contributed by atoms with Crippen LogP contribution in [0.2, 0.25) is 0 Å². The van der Waals surface area contributed by atoms with Gasteiger partial charge in [0.15, 0.2) is 0 Å². The Morgan fingerprint density at radius 1 is 1.22 bits per heavy atom. The van der Waals surface area contributed by atoms with Crippen LogP contribution in [0.3, 0.4) is 0 Å². The molecule has 4 heteroatoms. The molecule has 0 fully saturated rings. The molecular weight excluding hydrogens is 294 g/mol. The van der Waals surface area contributed by atoms with E-state index in [1.54, 1.807) is 18.2 Å². The second-order valence-corrected chi connectivity index (χ2v) is 4.88. The lowest BCUT2D eigenvalue weighted by Gasteiger charge is -2.11. The van der Waals surface area contributed by atoms with Crippen molar-refractivity contribution in [2.24, 2.45) is 0 Å². The van der Waals surface area contributed by atoms with E-state index in [0.29, 0.717) is 5.69 Å². The molecule has 3 N–H and O–H groups in total. The van der Waals surface area contributed by atoms with E-state index in [1.165, 1.54) is 0 Å². The number of carboxylic acids is 1. The summed E-state index contributed by atoms with van der Waals surface area (Å²) in [6.07, 6.45) is -0.0348. The van der Waals surface area contributed by atoms with Crippen molar-refractivity contribution in [3.8, 4) is 11.1 Å². The maximum atomic E-state index is 10.9. The highest BCUT2D eigenvalue weighted by Crippen LogP contribution is 2.31. The number of nitrogen functional groups attached to an aromatic ring is 1. The minimum Gasteiger partial charge on any atom is -0.481 e. The van der Waals surface area contributed by atoms with Gasteiger partial charge in [-0.3, -0.25) is 4.79 Å². The van der Waals surface area contributed by atoms with Crippen LogP contribution in [-0.2, 0) is 11.2 Å². The summed E-state index contributed by atoms with van der Waals surface area (Å²) in [6.45, 7) is 0. The molecule has 0 aromatic heterocycles. The number of carboxylic acid groups (broad SMARTS) is 1. The number of aliphatic carboxylic acids is 1. The second kappa shape index (κ2) is 5.23. The fourth-order valence-corrected chi connectivity index (χ4v) is 2.33. The van der Waals surface area contributed by atoms with Gasteiger partial charge in [0.2, 0.25) is 0 Å². The molecule has 0 saturated carbocycles. The topological polar surface area (TPSA) is 63.3 Å². The second-order valence-electron chi connectivity index (χ2n) is 3.96. The number of hydrogen-bond acceptors (Lipinski definition) is 2. The summed E-state index contributed by atoms with van der Waals surface area (Å²) in [4.78, 5) is 10.9. The maximum Gasteiger partial charge on any atom is 0.307 e. The van der Waals surface area contributed by atoms with Gasteiger partial charge in [0.05, 0.1) is 6.42 Å². The molecular formula is C14H12BrNO2. The summed E-state index contributed by atoms with van der Waals surface area (Å²) in [5.74, 6) is -0.864. The van der Waals surface area contributed by atoms with E-state index < -0.39 is 5.97 Å². The first-order chi connectivity index (χ1) is 8.58. The minimum absolute atomic E-state index is 0.0348. The third-order valence-corrected chi connectivity index (χ3v) is 3.13. The molecule has 0 bridgehead atoms. The molecule has 0 amide bonds. The van der Waals surface area contributed by atoms with Crippen LogP contribution < -0.4 is 5.73 Å². The monoisotopic (exact) mass is 305 g/mol. The molecule has 0 radical (unpaired) electrons. The zero-order valence-electron chi connectivity index (χ0n) is 9.56. The standard InChI is InChI=1S/C14H12BrNO2/c15-11-5-1-3-9(7-11)14-10(8-13(17)18)4-2-6-12(14)16/h1-7H,8,16H2,(H,17,18). The lowest BCUT2D eigenvalue weighted by molar-refractivity contribution is -0.136. The van der Waals surface area contributed by atoms with Crippen molar-refractivity contribution in [3.05, 3.63) is 52.5 Å². The van der Waals surface area contributed by atoms with Crippen molar-refractivity contribution >= 4 is 27.6 Å². The fourth-order valence-electron chi connectivity index (χ4n) is 1.93. The van der Waals surface area contributed by atoms with Crippen molar-refractivity contribution < 1.29 is 9.90 Å². The predicted molar refractivity (Wildman–Crippen MR) is 75.3 cm³/mol. The van der Waals surface area contributed by atoms with E-state index in [1.807, 2.05) is 24.3 Å². The average molecular weight is 306 g/mol. The molecule has 2 aromatic carbocycles. The number of anilines is 1. The van der Waals surface area contributed by atoms with Crippen LogP contribution in [0.1, 0.15) is 5.56 Å². The molecule has 0 aliphatic rings. The van der Waals surface area contributed by atoms with E-state index in [9.17, 15) is 4.79 Å². The van der Waals surface area contributed by atoms with Gasteiger partial charge in [-0.15, -0.1) is 0 Å². The first-order valence-electron chi connectivity index (χ1n) is 5.43. The highest BCUT2D eigenvalue weighted by Gasteiger charge is 2.11. The lowest BCUT2D eigenvalue weighted by atomic mass is 9.96. The first-order valence-corrected chi connectivity index (χ1v) is 6.22. The normalized spacial score (nSPS) is 10.3. The third kappa shape index (κ3) is 2.71. The van der Waals surface area contributed by atoms with Crippen LogP contribution in [0, 0.1) is 0 Å². The smallest absolute Gasteiger partial charge is 0.307 e. The van der Waals surface area contributed by atoms with Crippen LogP contribution in [0.4, 0.5) is 5.69 Å². The number of hydrogen-bond donors (Lipinski definition) is 2. The van der Waals surface area contributed by atoms with Gasteiger partial charge in [-0.1, -0.05) is 40.2 Å². The van der Waals surface area contributed by atoms with Gasteiger partial charge in [-0.2, -0.15) is 0 Å². The van der Waals surface area contributed by atoms with Crippen LogP contribution in [-0.4, -0.2) is 11.1 Å². The Hall–Kier alpha value is -1.81. The van der Waals surface area contributed by atoms with Crippen LogP contribution >= 0.6 is 15.9 Å². The highest BCUT2D eigenvalue weighted by atomic mass is 79.9. The van der Waals surface area contributed by atoms with E-state index in [-0.39, 0.29) is 6.42 Å². The van der Waals surface area contributed by atoms with Crippen LogP contribution in [0.5, 0.6) is 0 Å². The molecule has 92 valence electrons. The van der Waals surface area contributed by atoms with E-state index in [0.717, 1.165) is 21.2 Å². The molecule has 0 aliphatic carbocycles. The zero-order valence-corrected chi connectivity index (χ0v) is 11.1. The van der Waals surface area contributed by atoms with Gasteiger partial charge in [-0.25, -0.2) is 0 Å². The third-order valence-electron chi connectivity index (χ3n) is 2.64. The van der Waals surface area contributed by atoms with E-state index in [4.69, 9.17) is 10.8 Å². The molecule has 3 nitrogen and oxygen atoms in total. The summed E-state index contributed by atoms with van der Waals surface area (Å²) >= 11 is 3.40. The van der Waals surface area contributed by atoms with E-state index >= 15 is 0 Å². The average Bonchev–Trinajstić information content (AvgIpc) is 2.28. The molecule has 0 heterocycles. The first kappa shape index (κ1) is 12.6. The summed E-state index contributed by atoms with van der Waals surface area (Å²) in [5, 5.41) is 8.93. The Morgan fingerprint density at radius 3 is 2.61 bits per heavy atom. The number of rotatable bonds is 3. The van der Waals surface area contributed by atoms with Gasteiger partial charge in [0.25, 0.3) is 0 Å². The Bertz CT molecular complexity index is 596. The van der Waals surface area contributed by atoms with Gasteiger partial charge in [0, 0.05) is 15.7 Å². The van der Waals surface area contributed by atoms with Gasteiger partial charge < -0.3 is 10.8 Å². The SMILES string of the molecule is Nc1cccc(CC(=O)O)c1-c1cccc(Br)c1. The molecule has 18 heavy (non-hydrogen) atoms. The Balaban J connectivity index is 2.58. The molecule has 0 aliphatic heterocycles. The quantitative estimate of drug-likeness (QED) is 0.855. The number of benzene rings is 2. The molecule has 0 saturated heterocycles. The Labute approximate surface area is 113 Å². The maximum absolute atomic E-state index is 10.9. The van der Waals surface area contributed by atoms with Crippen molar-refractivity contribution in [2.75, 3.05) is 5.73 Å². The minimum atomic E-state index is -0.864. The zero-order chi connectivity index (χ0) is 13.1. The van der Waals surface area contributed by atoms with Crippen LogP contribution in [0.25, 0.3) is 11.1 Å². The molecule has 0 unspecified atom stereocenters. The van der Waals surface area contributed by atoms with Crippen molar-refractivity contribution in [1.82, 2.24) is 0 Å². The molecule has 0 spiro atoms. The van der Waals surface area contributed by atoms with Crippen LogP contribution in [0.15, 0.2) is 46.9 Å². The van der Waals surface area contributed by atoms with Crippen molar-refractivity contribution in [3.63, 3.8) is 0 Å². The Morgan fingerprint density at radius 2 is 1.94 bits per heavy atom. The lowest BCUT2D eigenvalue weighted by Crippen LogP contribution is -2.03. The van der Waals surface area contributed by atoms with Gasteiger partial charge in [0.1, 0.15) is 0 Å². The highest BCUT2D eigenvalue weighted by molar-refractivity contribution is 9.10. The summed E-state index contributed by atoms with van der Waals surface area (Å²) in [5.41, 5.74) is 8.99. The molecule has 2 aromatic rings. The molecule has 0 atom stereocenters.